The highest BCUT2D eigenvalue weighted by Gasteiger charge is 2.48. The van der Waals surface area contributed by atoms with Crippen LogP contribution in [0.3, 0.4) is 0 Å². The minimum absolute atomic E-state index is 0.0328. The van der Waals surface area contributed by atoms with Gasteiger partial charge < -0.3 is 28.9 Å². The zero-order valence-electron chi connectivity index (χ0n) is 27.6. The normalized spacial score (nSPS) is 15.2. The minimum Gasteiger partial charge on any atom is -0.505 e. The Bertz CT molecular complexity index is 2270. The zero-order chi connectivity index (χ0) is 36.9. The van der Waals surface area contributed by atoms with Gasteiger partial charge in [-0.3, -0.25) is 14.4 Å². The Morgan fingerprint density at radius 3 is 2.52 bits per heavy atom. The number of anilines is 2. The van der Waals surface area contributed by atoms with Gasteiger partial charge in [0.25, 0.3) is 11.5 Å². The molecule has 2 aliphatic heterocycles. The number of rotatable bonds is 7. The number of nitrogens with zero attached hydrogens (tertiary/aromatic N) is 7. The molecule has 0 unspecified atom stereocenters. The molecular weight excluding hydrogens is 725 g/mol. The van der Waals surface area contributed by atoms with Crippen molar-refractivity contribution in [3.8, 4) is 17.1 Å². The number of alkyl halides is 3. The highest BCUT2D eigenvalue weighted by Crippen LogP contribution is 2.43. The number of nitrogens with one attached hydrogen (secondary N) is 1. The molecule has 2 amide bonds. The number of aromatic hydroxyl groups is 1. The number of aromatic nitrogens is 5. The second kappa shape index (κ2) is 13.4. The van der Waals surface area contributed by atoms with Crippen LogP contribution in [0, 0.1) is 0 Å². The maximum Gasteiger partial charge on any atom is 0.416 e. The molecule has 1 fully saturated rings. The van der Waals surface area contributed by atoms with Gasteiger partial charge in [-0.25, -0.2) is 4.98 Å². The molecule has 0 aliphatic carbocycles. The highest BCUT2D eigenvalue weighted by molar-refractivity contribution is 7.99. The van der Waals surface area contributed by atoms with Crippen molar-refractivity contribution in [1.29, 1.82) is 0 Å². The average molecular weight is 755 g/mol. The Labute approximate surface area is 303 Å². The van der Waals surface area contributed by atoms with E-state index in [1.807, 2.05) is 41.9 Å². The van der Waals surface area contributed by atoms with E-state index in [2.05, 4.69) is 20.4 Å². The Morgan fingerprint density at radius 1 is 1.13 bits per heavy atom. The second-order valence-electron chi connectivity index (χ2n) is 12.3. The van der Waals surface area contributed by atoms with E-state index in [9.17, 15) is 32.7 Å². The number of halogens is 4. The van der Waals surface area contributed by atoms with Gasteiger partial charge in [0.05, 0.1) is 34.1 Å². The number of hydrogen-bond donors (Lipinski definition) is 2. The summed E-state index contributed by atoms with van der Waals surface area (Å²) in [6.07, 6.45) is -0.826. The first-order valence-corrected chi connectivity index (χ1v) is 17.5. The number of carbonyl (C=O) groups excluding carboxylic acids is 2. The first kappa shape index (κ1) is 35.3. The van der Waals surface area contributed by atoms with Gasteiger partial charge in [-0.2, -0.15) is 22.7 Å². The first-order valence-electron chi connectivity index (χ1n) is 15.9. The van der Waals surface area contributed by atoms with Gasteiger partial charge in [-0.15, -0.1) is 5.10 Å². The van der Waals surface area contributed by atoms with E-state index < -0.39 is 41.3 Å². The van der Waals surface area contributed by atoms with Crippen LogP contribution in [0.5, 0.6) is 5.75 Å². The van der Waals surface area contributed by atoms with Crippen molar-refractivity contribution in [3.05, 3.63) is 98.7 Å². The second-order valence-corrected chi connectivity index (χ2v) is 13.6. The maximum atomic E-state index is 14.3. The van der Waals surface area contributed by atoms with Crippen molar-refractivity contribution >= 4 is 52.5 Å². The molecule has 5 heterocycles. The van der Waals surface area contributed by atoms with Crippen LogP contribution in [0.2, 0.25) is 5.02 Å². The van der Waals surface area contributed by atoms with E-state index in [1.165, 1.54) is 39.7 Å². The summed E-state index contributed by atoms with van der Waals surface area (Å²) in [6, 6.07) is 12.9. The summed E-state index contributed by atoms with van der Waals surface area (Å²) in [6.45, 7) is -0.124. The van der Waals surface area contributed by atoms with Crippen molar-refractivity contribution < 1.29 is 32.6 Å². The lowest BCUT2D eigenvalue weighted by Crippen LogP contribution is -2.47. The number of benzene rings is 2. The average Bonchev–Trinajstić information content (AvgIpc) is 3.74. The summed E-state index contributed by atoms with van der Waals surface area (Å²) < 4.78 is 50.6. The quantitative estimate of drug-likeness (QED) is 0.209. The van der Waals surface area contributed by atoms with Crippen molar-refractivity contribution in [2.24, 2.45) is 0 Å². The highest BCUT2D eigenvalue weighted by atomic mass is 35.5. The van der Waals surface area contributed by atoms with Crippen molar-refractivity contribution in [2.75, 3.05) is 36.0 Å². The fraction of sp³-hybridized carbons (Fsp3) is 0.294. The molecule has 2 N–H and O–H groups in total. The topological polar surface area (TPSA) is 147 Å². The SMILES string of the molecule is CSN(C)c1ccc(-c2nc3n(CC(=O)Nc4ccc(C(F)(F)F)cc4Cl)c4c(c(=O)n3n2)C2(CCN(C(=O)c3ncccc3O)CC2)OC4)cc1. The van der Waals surface area contributed by atoms with E-state index >= 15 is 0 Å². The molecule has 0 bridgehead atoms. The van der Waals surface area contributed by atoms with Crippen LogP contribution in [0.1, 0.15) is 40.2 Å². The molecule has 270 valence electrons. The van der Waals surface area contributed by atoms with Gasteiger partial charge in [0.1, 0.15) is 17.9 Å². The smallest absolute Gasteiger partial charge is 0.416 e. The molecule has 0 atom stereocenters. The number of fused-ring (bicyclic) bond motifs is 3. The minimum atomic E-state index is -4.62. The molecule has 1 saturated heterocycles. The predicted octanol–water partition coefficient (Wildman–Crippen LogP) is 5.35. The molecule has 5 aromatic rings. The van der Waals surface area contributed by atoms with Crippen LogP contribution >= 0.6 is 23.5 Å². The Morgan fingerprint density at radius 2 is 1.87 bits per heavy atom. The largest absolute Gasteiger partial charge is 0.505 e. The number of ether oxygens (including phenoxy) is 1. The number of pyridine rings is 1. The van der Waals surface area contributed by atoms with Crippen LogP contribution in [0.25, 0.3) is 17.2 Å². The summed E-state index contributed by atoms with van der Waals surface area (Å²) in [5.74, 6) is -1.08. The van der Waals surface area contributed by atoms with Crippen LogP contribution < -0.4 is 15.2 Å². The Kier molecular flexibility index (Phi) is 9.12. The molecule has 1 spiro atoms. The lowest BCUT2D eigenvalue weighted by molar-refractivity contribution is -0.137. The van der Waals surface area contributed by atoms with Crippen LogP contribution in [-0.2, 0) is 34.5 Å². The van der Waals surface area contributed by atoms with Crippen LogP contribution in [0.4, 0.5) is 24.5 Å². The molecule has 7 rings (SSSR count). The number of hydrogen-bond acceptors (Lipinski definition) is 10. The standard InChI is InChI=1S/C34H30ClF3N8O5S/c1-43(52-2)21-8-5-19(6-9-21)29-41-32-45(17-26(48)40-23-10-7-20(16-22(23)35)34(36,37)38)24-18-51-33(27(24)30(49)46(32)42-29)11-14-44(15-12-33)31(50)28-25(47)4-3-13-39-28/h3-10,13,16,47H,11-12,14-15,17-18H2,1-2H3,(H,40,48). The number of likely N-dealkylation sites (tertiary alicyclic amines) is 1. The summed E-state index contributed by atoms with van der Waals surface area (Å²) in [5, 5.41) is 17.0. The first-order chi connectivity index (χ1) is 24.8. The third kappa shape index (κ3) is 6.32. The van der Waals surface area contributed by atoms with E-state index in [-0.39, 0.29) is 71.9 Å². The van der Waals surface area contributed by atoms with Crippen molar-refractivity contribution in [3.63, 3.8) is 0 Å². The van der Waals surface area contributed by atoms with E-state index in [1.54, 1.807) is 0 Å². The summed E-state index contributed by atoms with van der Waals surface area (Å²) >= 11 is 7.65. The fourth-order valence-corrected chi connectivity index (χ4v) is 7.06. The van der Waals surface area contributed by atoms with Gasteiger partial charge in [0, 0.05) is 43.8 Å². The van der Waals surface area contributed by atoms with Gasteiger partial charge in [0.15, 0.2) is 11.5 Å². The zero-order valence-corrected chi connectivity index (χ0v) is 29.2. The van der Waals surface area contributed by atoms with Gasteiger partial charge in [0.2, 0.25) is 11.7 Å². The van der Waals surface area contributed by atoms with Crippen molar-refractivity contribution in [2.45, 2.75) is 37.8 Å². The summed E-state index contributed by atoms with van der Waals surface area (Å²) in [5.41, 5.74) is -0.521. The number of piperidine rings is 1. The molecular formula is C34H30ClF3N8O5S. The van der Waals surface area contributed by atoms with Gasteiger partial charge in [-0.05, 0) is 67.4 Å². The number of carbonyl (C=O) groups is 2. The lowest BCUT2D eigenvalue weighted by Gasteiger charge is -2.38. The molecule has 52 heavy (non-hydrogen) atoms. The lowest BCUT2D eigenvalue weighted by atomic mass is 9.85. The number of amides is 2. The summed E-state index contributed by atoms with van der Waals surface area (Å²) in [4.78, 5) is 51.3. The maximum absolute atomic E-state index is 14.3. The molecule has 2 aromatic carbocycles. The summed E-state index contributed by atoms with van der Waals surface area (Å²) in [7, 11) is 1.92. The Balaban J connectivity index is 1.26. The predicted molar refractivity (Wildman–Crippen MR) is 187 cm³/mol. The molecule has 18 heteroatoms. The molecule has 0 radical (unpaired) electrons. The van der Waals surface area contributed by atoms with Crippen LogP contribution in [0.15, 0.2) is 65.6 Å². The fourth-order valence-electron chi connectivity index (χ4n) is 6.50. The van der Waals surface area contributed by atoms with Crippen molar-refractivity contribution in [1.82, 2.24) is 29.0 Å². The monoisotopic (exact) mass is 754 g/mol. The Hall–Kier alpha value is -5.13. The van der Waals surface area contributed by atoms with Gasteiger partial charge >= 0.3 is 6.18 Å². The van der Waals surface area contributed by atoms with E-state index in [0.29, 0.717) is 11.3 Å². The van der Waals surface area contributed by atoms with E-state index in [4.69, 9.17) is 16.3 Å². The molecule has 13 nitrogen and oxygen atoms in total. The van der Waals surface area contributed by atoms with Gasteiger partial charge in [-0.1, -0.05) is 23.5 Å². The third-order valence-corrected chi connectivity index (χ3v) is 10.3. The molecule has 2 aliphatic rings. The molecule has 3 aromatic heterocycles. The molecule has 0 saturated carbocycles. The van der Waals surface area contributed by atoms with Crippen LogP contribution in [-0.4, -0.2) is 72.4 Å². The van der Waals surface area contributed by atoms with E-state index in [0.717, 1.165) is 28.4 Å². The third-order valence-electron chi connectivity index (χ3n) is 9.28.